The second-order valence-corrected chi connectivity index (χ2v) is 11.8. The molecule has 0 bridgehead atoms. The molecule has 43 heavy (non-hydrogen) atoms. The highest BCUT2D eigenvalue weighted by Crippen LogP contribution is 2.24. The van der Waals surface area contributed by atoms with Gasteiger partial charge in [0.15, 0.2) is 11.2 Å². The number of hydrogen-bond acceptors (Lipinski definition) is 8. The Bertz CT molecular complexity index is 1740. The van der Waals surface area contributed by atoms with E-state index in [1.165, 1.54) is 4.57 Å². The molecule has 13 nitrogen and oxygen atoms in total. The number of benzene rings is 1. The minimum atomic E-state index is -0.611. The first-order valence-corrected chi connectivity index (χ1v) is 14.4. The molecule has 228 valence electrons. The number of aryl methyl sites for hydroxylation is 1. The van der Waals surface area contributed by atoms with E-state index in [4.69, 9.17) is 9.72 Å². The van der Waals surface area contributed by atoms with Crippen molar-refractivity contribution in [3.63, 3.8) is 0 Å². The summed E-state index contributed by atoms with van der Waals surface area (Å²) in [4.78, 5) is 63.7. The second kappa shape index (κ2) is 11.9. The van der Waals surface area contributed by atoms with Gasteiger partial charge >= 0.3 is 11.8 Å². The standard InChI is InChI=1S/C30H38N8O5/c1-6-7-15-37-24-25(34-27(37)36-14-10-11-19(17-36)32-28(41)43-30(2,3)4)35(5)29(42)38(26(24)40)18-22-20-12-8-9-13-21(20)33-23(39)16-31-22/h6-9,12-13,19H,10-11,14-18H2,1-5H3,(H,32,41)(H,33,39)/t19-/m1/s1. The first-order chi connectivity index (χ1) is 20.5. The number of piperidine rings is 1. The van der Waals surface area contributed by atoms with Crippen molar-refractivity contribution in [1.82, 2.24) is 24.0 Å². The number of carbonyl (C=O) groups excluding carboxylic acids is 2. The maximum atomic E-state index is 14.1. The molecule has 2 amide bonds. The van der Waals surface area contributed by atoms with Crippen LogP contribution in [0.1, 0.15) is 46.1 Å². The number of fused-ring (bicyclic) bond motifs is 2. The summed E-state index contributed by atoms with van der Waals surface area (Å²) in [5.74, 6) is 0.272. The zero-order valence-corrected chi connectivity index (χ0v) is 25.2. The smallest absolute Gasteiger partial charge is 0.407 e. The predicted molar refractivity (Wildman–Crippen MR) is 165 cm³/mol. The Kier molecular flexibility index (Phi) is 8.25. The topological polar surface area (TPSA) is 145 Å². The van der Waals surface area contributed by atoms with Gasteiger partial charge in [-0.1, -0.05) is 30.4 Å². The van der Waals surface area contributed by atoms with Crippen LogP contribution >= 0.6 is 0 Å². The number of allylic oxidation sites excluding steroid dienone is 2. The highest BCUT2D eigenvalue weighted by molar-refractivity contribution is 6.10. The van der Waals surface area contributed by atoms with Crippen LogP contribution < -0.4 is 26.8 Å². The number of carbonyl (C=O) groups is 2. The van der Waals surface area contributed by atoms with Gasteiger partial charge in [-0.25, -0.2) is 9.59 Å². The monoisotopic (exact) mass is 590 g/mol. The summed E-state index contributed by atoms with van der Waals surface area (Å²) in [5.41, 5.74) is 0.607. The van der Waals surface area contributed by atoms with Gasteiger partial charge in [0.2, 0.25) is 11.9 Å². The number of aromatic nitrogens is 4. The fourth-order valence-electron chi connectivity index (χ4n) is 5.45. The van der Waals surface area contributed by atoms with Crippen molar-refractivity contribution in [2.45, 2.75) is 65.3 Å². The number of aliphatic imine (C=N–C) groups is 1. The van der Waals surface area contributed by atoms with Crippen molar-refractivity contribution in [3.05, 3.63) is 62.8 Å². The number of amides is 2. The molecule has 0 radical (unpaired) electrons. The van der Waals surface area contributed by atoms with Gasteiger partial charge in [-0.2, -0.15) is 4.98 Å². The number of anilines is 2. The number of rotatable bonds is 6. The van der Waals surface area contributed by atoms with Gasteiger partial charge in [0.25, 0.3) is 5.56 Å². The van der Waals surface area contributed by atoms with Crippen LogP contribution in [-0.2, 0) is 29.7 Å². The molecule has 0 spiro atoms. The molecule has 4 heterocycles. The normalized spacial score (nSPS) is 17.4. The van der Waals surface area contributed by atoms with Crippen LogP contribution in [0.2, 0.25) is 0 Å². The molecule has 1 saturated heterocycles. The van der Waals surface area contributed by atoms with Crippen LogP contribution in [-0.4, -0.2) is 67.7 Å². The molecular formula is C30H38N8O5. The molecular weight excluding hydrogens is 552 g/mol. The Morgan fingerprint density at radius 1 is 1.19 bits per heavy atom. The lowest BCUT2D eigenvalue weighted by Gasteiger charge is -2.34. The largest absolute Gasteiger partial charge is 0.444 e. The van der Waals surface area contributed by atoms with Gasteiger partial charge in [-0.05, 0) is 46.6 Å². The highest BCUT2D eigenvalue weighted by atomic mass is 16.6. The molecule has 1 aromatic carbocycles. The number of alkyl carbamates (subject to hydrolysis) is 1. The molecule has 3 aromatic rings. The summed E-state index contributed by atoms with van der Waals surface area (Å²) >= 11 is 0. The van der Waals surface area contributed by atoms with E-state index in [2.05, 4.69) is 15.6 Å². The first-order valence-electron chi connectivity index (χ1n) is 14.4. The number of para-hydroxylation sites is 1. The number of benzodiazepines with no additional fused rings is 1. The van der Waals surface area contributed by atoms with Crippen molar-refractivity contribution in [3.8, 4) is 0 Å². The lowest BCUT2D eigenvalue weighted by molar-refractivity contribution is -0.114. The summed E-state index contributed by atoms with van der Waals surface area (Å²) < 4.78 is 9.79. The van der Waals surface area contributed by atoms with Crippen LogP contribution in [0, 0.1) is 0 Å². The quantitative estimate of drug-likeness (QED) is 0.420. The molecule has 2 aliphatic rings. The fourth-order valence-corrected chi connectivity index (χ4v) is 5.45. The van der Waals surface area contributed by atoms with Gasteiger partial charge in [0, 0.05) is 44.0 Å². The van der Waals surface area contributed by atoms with Gasteiger partial charge in [-0.3, -0.25) is 23.7 Å². The maximum Gasteiger partial charge on any atom is 0.407 e. The Balaban J connectivity index is 1.55. The van der Waals surface area contributed by atoms with Crippen LogP contribution in [0.15, 0.2) is 51.0 Å². The lowest BCUT2D eigenvalue weighted by Crippen LogP contribution is -2.49. The average Bonchev–Trinajstić information content (AvgIpc) is 3.25. The minimum Gasteiger partial charge on any atom is -0.444 e. The molecule has 5 rings (SSSR count). The van der Waals surface area contributed by atoms with Crippen molar-refractivity contribution >= 4 is 40.5 Å². The number of hydrogen-bond donors (Lipinski definition) is 2. The van der Waals surface area contributed by atoms with Gasteiger partial charge in [0.05, 0.1) is 12.3 Å². The third-order valence-corrected chi connectivity index (χ3v) is 7.39. The summed E-state index contributed by atoms with van der Waals surface area (Å²) in [6.07, 6.45) is 4.90. The SMILES string of the molecule is CC=CCn1c(N2CCC[C@@H](NC(=O)OC(C)(C)C)C2)nc2c1c(=O)n(CC1=NCC(=O)Nc3ccccc31)c(=O)n2C. The molecule has 1 fully saturated rings. The van der Waals surface area contributed by atoms with Gasteiger partial charge in [-0.15, -0.1) is 0 Å². The molecule has 0 saturated carbocycles. The Morgan fingerprint density at radius 3 is 2.70 bits per heavy atom. The fraction of sp³-hybridized carbons (Fsp3) is 0.467. The number of ether oxygens (including phenoxy) is 1. The minimum absolute atomic E-state index is 0.108. The number of nitrogens with one attached hydrogen (secondary N) is 2. The third kappa shape index (κ3) is 6.25. The lowest BCUT2D eigenvalue weighted by atomic mass is 10.1. The number of imidazole rings is 1. The van der Waals surface area contributed by atoms with Crippen LogP contribution in [0.25, 0.3) is 11.2 Å². The average molecular weight is 591 g/mol. The highest BCUT2D eigenvalue weighted by Gasteiger charge is 2.29. The van der Waals surface area contributed by atoms with Crippen molar-refractivity contribution < 1.29 is 14.3 Å². The van der Waals surface area contributed by atoms with E-state index in [1.54, 1.807) is 25.2 Å². The molecule has 13 heteroatoms. The Morgan fingerprint density at radius 2 is 1.95 bits per heavy atom. The Hall–Kier alpha value is -4.68. The third-order valence-electron chi connectivity index (χ3n) is 7.39. The van der Waals surface area contributed by atoms with Crippen molar-refractivity contribution in [2.24, 2.45) is 12.0 Å². The maximum absolute atomic E-state index is 14.1. The number of nitrogens with zero attached hydrogens (tertiary/aromatic N) is 6. The first kappa shape index (κ1) is 29.8. The summed E-state index contributed by atoms with van der Waals surface area (Å²) in [6, 6.07) is 7.01. The van der Waals surface area contributed by atoms with E-state index in [9.17, 15) is 19.2 Å². The van der Waals surface area contributed by atoms with Crippen LogP contribution in [0.3, 0.4) is 0 Å². The summed E-state index contributed by atoms with van der Waals surface area (Å²) in [7, 11) is 1.59. The molecule has 1 atom stereocenters. The molecule has 2 N–H and O–H groups in total. The predicted octanol–water partition coefficient (Wildman–Crippen LogP) is 2.41. The van der Waals surface area contributed by atoms with E-state index in [1.807, 2.05) is 55.4 Å². The molecule has 2 aliphatic heterocycles. The summed E-state index contributed by atoms with van der Waals surface area (Å²) in [5, 5.41) is 5.78. The van der Waals surface area contributed by atoms with E-state index >= 15 is 0 Å². The van der Waals surface area contributed by atoms with E-state index < -0.39 is 22.9 Å². The molecule has 0 unspecified atom stereocenters. The van der Waals surface area contributed by atoms with Gasteiger partial charge in [0.1, 0.15) is 12.1 Å². The van der Waals surface area contributed by atoms with Gasteiger partial charge < -0.3 is 24.8 Å². The van der Waals surface area contributed by atoms with E-state index in [0.717, 1.165) is 17.4 Å². The zero-order chi connectivity index (χ0) is 30.9. The van der Waals surface area contributed by atoms with Crippen molar-refractivity contribution in [2.75, 3.05) is 29.9 Å². The second-order valence-electron chi connectivity index (χ2n) is 11.8. The molecule has 2 aromatic heterocycles. The van der Waals surface area contributed by atoms with E-state index in [-0.39, 0.29) is 36.2 Å². The van der Waals surface area contributed by atoms with E-state index in [0.29, 0.717) is 42.5 Å². The van der Waals surface area contributed by atoms with Crippen LogP contribution in [0.5, 0.6) is 0 Å². The Labute approximate surface area is 248 Å². The van der Waals surface area contributed by atoms with Crippen LogP contribution in [0.4, 0.5) is 16.4 Å². The zero-order valence-electron chi connectivity index (χ0n) is 25.2. The van der Waals surface area contributed by atoms with Crippen molar-refractivity contribution in [1.29, 1.82) is 0 Å². The summed E-state index contributed by atoms with van der Waals surface area (Å²) in [6.45, 7) is 8.62. The molecule has 0 aliphatic carbocycles.